The second-order valence-electron chi connectivity index (χ2n) is 7.77. The van der Waals surface area contributed by atoms with Gasteiger partial charge in [-0.05, 0) is 40.5 Å². The number of hydrogen-bond donors (Lipinski definition) is 3. The number of aliphatic hydroxyl groups is 1. The minimum absolute atomic E-state index is 0.0363. The molecule has 4 atom stereocenters. The minimum atomic E-state index is -0.769. The van der Waals surface area contributed by atoms with Crippen molar-refractivity contribution in [2.24, 2.45) is 16.8 Å². The van der Waals surface area contributed by atoms with E-state index >= 15 is 0 Å². The fourth-order valence-corrected chi connectivity index (χ4v) is 4.80. The van der Waals surface area contributed by atoms with Crippen molar-refractivity contribution < 1.29 is 9.90 Å². The van der Waals surface area contributed by atoms with E-state index in [-0.39, 0.29) is 23.8 Å². The number of hydrazine groups is 1. The lowest BCUT2D eigenvalue weighted by Gasteiger charge is -2.41. The maximum absolute atomic E-state index is 12.2. The van der Waals surface area contributed by atoms with Gasteiger partial charge in [-0.1, -0.05) is 55.0 Å². The predicted octanol–water partition coefficient (Wildman–Crippen LogP) is 3.15. The van der Waals surface area contributed by atoms with Crippen LogP contribution in [0.1, 0.15) is 24.8 Å². The summed E-state index contributed by atoms with van der Waals surface area (Å²) in [5, 5.41) is 15.1. The van der Waals surface area contributed by atoms with Crippen LogP contribution in [-0.2, 0) is 4.79 Å². The SMILES string of the molecule is O=C1NNC(O)C2C(N=Cc3c4ccccc4cc4ccccc34)CCCC12. The molecule has 142 valence electrons. The Morgan fingerprint density at radius 3 is 2.39 bits per heavy atom. The first-order valence-electron chi connectivity index (χ1n) is 9.89. The van der Waals surface area contributed by atoms with Crippen molar-refractivity contribution in [2.45, 2.75) is 31.5 Å². The molecule has 5 nitrogen and oxygen atoms in total. The first-order valence-corrected chi connectivity index (χ1v) is 9.89. The molecule has 3 aromatic carbocycles. The van der Waals surface area contributed by atoms with Gasteiger partial charge in [0, 0.05) is 23.6 Å². The fraction of sp³-hybridized carbons (Fsp3) is 0.304. The summed E-state index contributed by atoms with van der Waals surface area (Å²) in [5.41, 5.74) is 6.38. The number of benzene rings is 3. The van der Waals surface area contributed by atoms with Gasteiger partial charge in [0.15, 0.2) is 0 Å². The summed E-state index contributed by atoms with van der Waals surface area (Å²) in [5.74, 6) is -0.415. The summed E-state index contributed by atoms with van der Waals surface area (Å²) < 4.78 is 0. The molecule has 2 fully saturated rings. The van der Waals surface area contributed by atoms with Gasteiger partial charge >= 0.3 is 0 Å². The molecular weight excluding hydrogens is 350 g/mol. The van der Waals surface area contributed by atoms with E-state index in [0.717, 1.165) is 35.6 Å². The molecule has 1 heterocycles. The first kappa shape index (κ1) is 17.3. The van der Waals surface area contributed by atoms with E-state index in [1.807, 2.05) is 30.5 Å². The van der Waals surface area contributed by atoms with Crippen LogP contribution in [0.25, 0.3) is 21.5 Å². The molecule has 1 saturated carbocycles. The zero-order chi connectivity index (χ0) is 19.1. The van der Waals surface area contributed by atoms with E-state index in [0.29, 0.717) is 0 Å². The van der Waals surface area contributed by atoms with Crippen LogP contribution in [0, 0.1) is 11.8 Å². The van der Waals surface area contributed by atoms with Gasteiger partial charge < -0.3 is 5.11 Å². The third kappa shape index (κ3) is 2.87. The quantitative estimate of drug-likeness (QED) is 0.477. The molecule has 3 aromatic rings. The number of rotatable bonds is 2. The Morgan fingerprint density at radius 1 is 1.00 bits per heavy atom. The molecule has 0 spiro atoms. The molecule has 1 aliphatic heterocycles. The van der Waals surface area contributed by atoms with Crippen LogP contribution < -0.4 is 10.9 Å². The van der Waals surface area contributed by atoms with E-state index in [1.54, 1.807) is 0 Å². The largest absolute Gasteiger partial charge is 0.377 e. The third-order valence-electron chi connectivity index (χ3n) is 6.18. The Kier molecular flexibility index (Phi) is 4.34. The van der Waals surface area contributed by atoms with Crippen molar-refractivity contribution >= 4 is 33.7 Å². The Morgan fingerprint density at radius 2 is 1.68 bits per heavy atom. The molecule has 0 radical (unpaired) electrons. The Hall–Kier alpha value is -2.76. The number of nitrogens with one attached hydrogen (secondary N) is 2. The highest BCUT2D eigenvalue weighted by Gasteiger charge is 2.44. The lowest BCUT2D eigenvalue weighted by atomic mass is 9.73. The molecule has 0 bridgehead atoms. The number of amides is 1. The predicted molar refractivity (Wildman–Crippen MR) is 111 cm³/mol. The first-order chi connectivity index (χ1) is 13.7. The number of hydrogen-bond acceptors (Lipinski definition) is 4. The maximum Gasteiger partial charge on any atom is 0.237 e. The minimum Gasteiger partial charge on any atom is -0.377 e. The van der Waals surface area contributed by atoms with Gasteiger partial charge in [0.1, 0.15) is 6.23 Å². The smallest absolute Gasteiger partial charge is 0.237 e. The van der Waals surface area contributed by atoms with Gasteiger partial charge in [0.2, 0.25) is 5.91 Å². The molecule has 1 saturated heterocycles. The van der Waals surface area contributed by atoms with Crippen molar-refractivity contribution in [3.63, 3.8) is 0 Å². The van der Waals surface area contributed by atoms with Crippen LogP contribution in [0.2, 0.25) is 0 Å². The number of carbonyl (C=O) groups excluding carboxylic acids is 1. The van der Waals surface area contributed by atoms with Crippen molar-refractivity contribution in [1.82, 2.24) is 10.9 Å². The molecule has 3 N–H and O–H groups in total. The normalized spacial score (nSPS) is 27.8. The highest BCUT2D eigenvalue weighted by atomic mass is 16.3. The van der Waals surface area contributed by atoms with E-state index in [1.165, 1.54) is 10.8 Å². The van der Waals surface area contributed by atoms with E-state index in [2.05, 4.69) is 41.2 Å². The van der Waals surface area contributed by atoms with Crippen molar-refractivity contribution in [2.75, 3.05) is 0 Å². The third-order valence-corrected chi connectivity index (χ3v) is 6.18. The van der Waals surface area contributed by atoms with E-state index in [4.69, 9.17) is 4.99 Å². The summed E-state index contributed by atoms with van der Waals surface area (Å²) in [6, 6.07) is 18.8. The summed E-state index contributed by atoms with van der Waals surface area (Å²) in [4.78, 5) is 17.1. The molecular formula is C23H23N3O2. The highest BCUT2D eigenvalue weighted by Crippen LogP contribution is 2.36. The average Bonchev–Trinajstić information content (AvgIpc) is 2.73. The Labute approximate surface area is 163 Å². The average molecular weight is 373 g/mol. The topological polar surface area (TPSA) is 73.7 Å². The van der Waals surface area contributed by atoms with E-state index in [9.17, 15) is 9.90 Å². The number of fused-ring (bicyclic) bond motifs is 3. The Bertz CT molecular complexity index is 1020. The van der Waals surface area contributed by atoms with Crippen molar-refractivity contribution in [3.05, 3.63) is 60.2 Å². The summed E-state index contributed by atoms with van der Waals surface area (Å²) in [7, 11) is 0. The number of carbonyl (C=O) groups is 1. The van der Waals surface area contributed by atoms with Crippen LogP contribution in [-0.4, -0.2) is 29.5 Å². The maximum atomic E-state index is 12.2. The second-order valence-corrected chi connectivity index (χ2v) is 7.77. The molecule has 1 amide bonds. The standard InChI is InChI=1S/C23H23N3O2/c27-22-18-10-5-11-20(21(18)23(28)26-25-22)24-13-19-16-8-3-1-6-14(16)12-15-7-2-4-9-17(15)19/h1-4,6-9,12-13,18,20-21,23,26,28H,5,10-11H2,(H,25,27). The van der Waals surface area contributed by atoms with Crippen molar-refractivity contribution in [1.29, 1.82) is 0 Å². The summed E-state index contributed by atoms with van der Waals surface area (Å²) in [6.07, 6.45) is 3.82. The van der Waals surface area contributed by atoms with Crippen LogP contribution in [0.15, 0.2) is 59.6 Å². The van der Waals surface area contributed by atoms with Gasteiger partial charge in [-0.15, -0.1) is 0 Å². The molecule has 5 rings (SSSR count). The van der Waals surface area contributed by atoms with Crippen LogP contribution in [0.5, 0.6) is 0 Å². The lowest BCUT2D eigenvalue weighted by molar-refractivity contribution is -0.141. The lowest BCUT2D eigenvalue weighted by Crippen LogP contribution is -2.62. The number of aliphatic imine (C=N–C) groups is 1. The van der Waals surface area contributed by atoms with Gasteiger partial charge in [-0.25, -0.2) is 5.43 Å². The Balaban J connectivity index is 1.59. The van der Waals surface area contributed by atoms with Crippen molar-refractivity contribution in [3.8, 4) is 0 Å². The molecule has 1 aliphatic carbocycles. The highest BCUT2D eigenvalue weighted by molar-refractivity contribution is 6.13. The van der Waals surface area contributed by atoms with E-state index < -0.39 is 6.23 Å². The summed E-state index contributed by atoms with van der Waals surface area (Å²) in [6.45, 7) is 0. The van der Waals surface area contributed by atoms with Gasteiger partial charge in [0.25, 0.3) is 0 Å². The van der Waals surface area contributed by atoms with Crippen LogP contribution in [0.3, 0.4) is 0 Å². The molecule has 4 unspecified atom stereocenters. The van der Waals surface area contributed by atoms with Crippen LogP contribution in [0.4, 0.5) is 0 Å². The van der Waals surface area contributed by atoms with Crippen LogP contribution >= 0.6 is 0 Å². The van der Waals surface area contributed by atoms with Gasteiger partial charge in [-0.2, -0.15) is 0 Å². The molecule has 5 heteroatoms. The molecule has 28 heavy (non-hydrogen) atoms. The molecule has 0 aromatic heterocycles. The number of aliphatic hydroxyl groups excluding tert-OH is 1. The fourth-order valence-electron chi connectivity index (χ4n) is 4.80. The van der Waals surface area contributed by atoms with Gasteiger partial charge in [-0.3, -0.25) is 15.2 Å². The second kappa shape index (κ2) is 7.00. The number of nitrogens with zero attached hydrogens (tertiary/aromatic N) is 1. The zero-order valence-corrected chi connectivity index (χ0v) is 15.5. The summed E-state index contributed by atoms with van der Waals surface area (Å²) >= 11 is 0. The monoisotopic (exact) mass is 373 g/mol. The molecule has 2 aliphatic rings. The van der Waals surface area contributed by atoms with Gasteiger partial charge in [0.05, 0.1) is 6.04 Å². The zero-order valence-electron chi connectivity index (χ0n) is 15.5.